The van der Waals surface area contributed by atoms with Crippen LogP contribution in [0.1, 0.15) is 37.9 Å². The SMILES string of the molecule is CNC[C@@H](O)COc1ccc(Cl)c(-c2nc(/C(C(C)=N)=C(\C)O)c(C)c(N3CCC(NC)CC3)n2)c1. The first-order valence-corrected chi connectivity index (χ1v) is 12.6. The van der Waals surface area contributed by atoms with Crippen LogP contribution in [0.5, 0.6) is 5.75 Å². The summed E-state index contributed by atoms with van der Waals surface area (Å²) >= 11 is 6.60. The maximum absolute atomic E-state index is 10.4. The lowest BCUT2D eigenvalue weighted by Gasteiger charge is -2.34. The van der Waals surface area contributed by atoms with Crippen molar-refractivity contribution >= 4 is 28.7 Å². The summed E-state index contributed by atoms with van der Waals surface area (Å²) in [5.74, 6) is 1.70. The van der Waals surface area contributed by atoms with Crippen molar-refractivity contribution in [1.29, 1.82) is 5.41 Å². The average molecular weight is 517 g/mol. The molecule has 0 spiro atoms. The lowest BCUT2D eigenvalue weighted by Crippen LogP contribution is -2.42. The molecule has 0 aliphatic carbocycles. The van der Waals surface area contributed by atoms with Crippen molar-refractivity contribution in [2.24, 2.45) is 0 Å². The number of benzene rings is 1. The minimum atomic E-state index is -0.653. The van der Waals surface area contributed by atoms with Crippen molar-refractivity contribution in [1.82, 2.24) is 20.6 Å². The van der Waals surface area contributed by atoms with E-state index in [2.05, 4.69) is 15.5 Å². The minimum absolute atomic E-state index is 0.0248. The number of aliphatic hydroxyl groups is 2. The molecule has 1 aliphatic rings. The molecule has 3 rings (SSSR count). The summed E-state index contributed by atoms with van der Waals surface area (Å²) in [5, 5.41) is 35.4. The van der Waals surface area contributed by atoms with Gasteiger partial charge in [-0.15, -0.1) is 0 Å². The highest BCUT2D eigenvalue weighted by Gasteiger charge is 2.26. The molecule has 1 atom stereocenters. The van der Waals surface area contributed by atoms with E-state index >= 15 is 0 Å². The number of likely N-dealkylation sites (N-methyl/N-ethyl adjacent to an activating group) is 1. The zero-order valence-electron chi connectivity index (χ0n) is 21.7. The van der Waals surface area contributed by atoms with E-state index in [9.17, 15) is 10.2 Å². The highest BCUT2D eigenvalue weighted by atomic mass is 35.5. The van der Waals surface area contributed by atoms with Crippen LogP contribution in [-0.4, -0.2) is 78.4 Å². The smallest absolute Gasteiger partial charge is 0.163 e. The highest BCUT2D eigenvalue weighted by Crippen LogP contribution is 2.35. The molecule has 0 unspecified atom stereocenters. The Morgan fingerprint density at radius 1 is 1.25 bits per heavy atom. The second-order valence-corrected chi connectivity index (χ2v) is 9.55. The maximum Gasteiger partial charge on any atom is 0.163 e. The number of hydrogen-bond acceptors (Lipinski definition) is 9. The predicted molar refractivity (Wildman–Crippen MR) is 146 cm³/mol. The van der Waals surface area contributed by atoms with E-state index in [4.69, 9.17) is 31.7 Å². The van der Waals surface area contributed by atoms with Gasteiger partial charge in [0, 0.05) is 42.5 Å². The fourth-order valence-corrected chi connectivity index (χ4v) is 4.63. The van der Waals surface area contributed by atoms with Crippen molar-refractivity contribution in [3.63, 3.8) is 0 Å². The Morgan fingerprint density at radius 3 is 2.53 bits per heavy atom. The van der Waals surface area contributed by atoms with Gasteiger partial charge < -0.3 is 35.9 Å². The molecule has 0 saturated carbocycles. The van der Waals surface area contributed by atoms with Gasteiger partial charge in [-0.1, -0.05) is 11.6 Å². The van der Waals surface area contributed by atoms with Gasteiger partial charge in [0.15, 0.2) is 5.82 Å². The van der Waals surface area contributed by atoms with Gasteiger partial charge in [0.2, 0.25) is 0 Å². The van der Waals surface area contributed by atoms with Gasteiger partial charge in [-0.05, 0) is 65.9 Å². The van der Waals surface area contributed by atoms with E-state index in [0.717, 1.165) is 37.3 Å². The summed E-state index contributed by atoms with van der Waals surface area (Å²) in [4.78, 5) is 11.9. The normalized spacial score (nSPS) is 16.0. The topological polar surface area (TPSA) is 127 Å². The van der Waals surface area contributed by atoms with E-state index < -0.39 is 6.10 Å². The van der Waals surface area contributed by atoms with E-state index in [1.807, 2.05) is 14.0 Å². The molecule has 0 radical (unpaired) electrons. The summed E-state index contributed by atoms with van der Waals surface area (Å²) in [6.07, 6.45) is 1.31. The molecule has 196 valence electrons. The summed E-state index contributed by atoms with van der Waals surface area (Å²) < 4.78 is 5.78. The Bertz CT molecular complexity index is 1110. The zero-order valence-corrected chi connectivity index (χ0v) is 22.4. The molecular formula is C26H37ClN6O3. The van der Waals surface area contributed by atoms with E-state index in [1.165, 1.54) is 0 Å². The molecular weight excluding hydrogens is 480 g/mol. The van der Waals surface area contributed by atoms with Crippen LogP contribution in [0, 0.1) is 12.3 Å². The molecule has 5 N–H and O–H groups in total. The number of nitrogens with one attached hydrogen (secondary N) is 3. The number of rotatable bonds is 10. The first kappa shape index (κ1) is 27.9. The predicted octanol–water partition coefficient (Wildman–Crippen LogP) is 3.58. The minimum Gasteiger partial charge on any atom is -0.512 e. The number of halogens is 1. The Balaban J connectivity index is 2.10. The fraction of sp³-hybridized carbons (Fsp3) is 0.500. The Labute approximate surface area is 218 Å². The van der Waals surface area contributed by atoms with Crippen molar-refractivity contribution in [2.75, 3.05) is 45.2 Å². The van der Waals surface area contributed by atoms with Crippen LogP contribution in [0.15, 0.2) is 24.0 Å². The first-order chi connectivity index (χ1) is 17.2. The third-order valence-electron chi connectivity index (χ3n) is 6.36. The Hall–Kier alpha value is -2.72. The summed E-state index contributed by atoms with van der Waals surface area (Å²) in [6, 6.07) is 5.67. The monoisotopic (exact) mass is 516 g/mol. The third-order valence-corrected chi connectivity index (χ3v) is 6.69. The zero-order chi connectivity index (χ0) is 26.4. The number of piperidine rings is 1. The van der Waals surface area contributed by atoms with Gasteiger partial charge in [0.25, 0.3) is 0 Å². The second kappa shape index (κ2) is 12.5. The molecule has 2 aromatic rings. The number of ether oxygens (including phenoxy) is 1. The van der Waals surface area contributed by atoms with Crippen LogP contribution >= 0.6 is 11.6 Å². The number of aliphatic hydroxyl groups excluding tert-OH is 2. The molecule has 1 aromatic heterocycles. The van der Waals surface area contributed by atoms with Crippen LogP contribution in [0.25, 0.3) is 17.0 Å². The van der Waals surface area contributed by atoms with Crippen LogP contribution in [-0.2, 0) is 0 Å². The molecule has 1 aromatic carbocycles. The second-order valence-electron chi connectivity index (χ2n) is 9.14. The molecule has 10 heteroatoms. The average Bonchev–Trinajstić information content (AvgIpc) is 2.84. The third kappa shape index (κ3) is 6.53. The molecule has 1 fully saturated rings. The standard InChI is InChI=1S/C26H37ClN6O3/c1-15-24(23(16(2)28)17(3)34)31-25(32-26(15)33-10-8-18(30-5)9-11-33)21-12-20(6-7-22(21)27)36-14-19(35)13-29-4/h6-7,12,18-19,28-30,34-35H,8-11,13-14H2,1-5H3/b23-17+,28-16?/t19-/m1/s1. The number of nitrogens with zero attached hydrogens (tertiary/aromatic N) is 3. The summed E-state index contributed by atoms with van der Waals surface area (Å²) in [5.41, 5.74) is 2.47. The molecule has 2 heterocycles. The molecule has 0 bridgehead atoms. The Kier molecular flexibility index (Phi) is 9.67. The largest absolute Gasteiger partial charge is 0.512 e. The van der Waals surface area contributed by atoms with Crippen molar-refractivity contribution in [3.8, 4) is 17.1 Å². The quantitative estimate of drug-likeness (QED) is 0.239. The van der Waals surface area contributed by atoms with Crippen molar-refractivity contribution in [3.05, 3.63) is 40.2 Å². The van der Waals surface area contributed by atoms with E-state index in [1.54, 1.807) is 39.1 Å². The molecule has 1 saturated heterocycles. The summed E-state index contributed by atoms with van der Waals surface area (Å²) in [7, 11) is 3.75. The molecule has 1 aliphatic heterocycles. The van der Waals surface area contributed by atoms with Crippen LogP contribution in [0.2, 0.25) is 5.02 Å². The van der Waals surface area contributed by atoms with Gasteiger partial charge in [-0.2, -0.15) is 0 Å². The van der Waals surface area contributed by atoms with Crippen LogP contribution in [0.4, 0.5) is 5.82 Å². The lowest BCUT2D eigenvalue weighted by molar-refractivity contribution is 0.108. The Morgan fingerprint density at radius 2 is 1.94 bits per heavy atom. The number of allylic oxidation sites excluding steroid dienone is 2. The van der Waals surface area contributed by atoms with E-state index in [0.29, 0.717) is 46.0 Å². The molecule has 9 nitrogen and oxygen atoms in total. The van der Waals surface area contributed by atoms with E-state index in [-0.39, 0.29) is 18.1 Å². The van der Waals surface area contributed by atoms with Crippen LogP contribution < -0.4 is 20.3 Å². The molecule has 0 amide bonds. The van der Waals surface area contributed by atoms with Crippen molar-refractivity contribution in [2.45, 2.75) is 45.8 Å². The highest BCUT2D eigenvalue weighted by molar-refractivity contribution is 6.33. The van der Waals surface area contributed by atoms with Gasteiger partial charge in [-0.3, -0.25) is 0 Å². The first-order valence-electron chi connectivity index (χ1n) is 12.2. The van der Waals surface area contributed by atoms with Gasteiger partial charge in [0.1, 0.15) is 30.0 Å². The van der Waals surface area contributed by atoms with Gasteiger partial charge >= 0.3 is 0 Å². The number of anilines is 1. The lowest BCUT2D eigenvalue weighted by atomic mass is 10.00. The van der Waals surface area contributed by atoms with Crippen LogP contribution in [0.3, 0.4) is 0 Å². The number of aromatic nitrogens is 2. The van der Waals surface area contributed by atoms with Gasteiger partial charge in [-0.25, -0.2) is 9.97 Å². The fourth-order valence-electron chi connectivity index (χ4n) is 4.43. The number of hydrogen-bond donors (Lipinski definition) is 5. The summed E-state index contributed by atoms with van der Waals surface area (Å²) in [6.45, 7) is 7.30. The van der Waals surface area contributed by atoms with Crippen molar-refractivity contribution < 1.29 is 14.9 Å². The van der Waals surface area contributed by atoms with Gasteiger partial charge in [0.05, 0.1) is 16.3 Å². The molecule has 36 heavy (non-hydrogen) atoms. The maximum atomic E-state index is 10.4.